The number of benzene rings is 1. The van der Waals surface area contributed by atoms with Crippen LogP contribution in [0.4, 0.5) is 0 Å². The van der Waals surface area contributed by atoms with Gasteiger partial charge in [0, 0.05) is 0 Å². The summed E-state index contributed by atoms with van der Waals surface area (Å²) in [5.74, 6) is 2.12. The number of rotatable bonds is 5. The van der Waals surface area contributed by atoms with Crippen molar-refractivity contribution in [3.05, 3.63) is 41.0 Å². The first kappa shape index (κ1) is 17.8. The van der Waals surface area contributed by atoms with E-state index in [0.29, 0.717) is 24.7 Å². The summed E-state index contributed by atoms with van der Waals surface area (Å²) in [6, 6.07) is 6.18. The van der Waals surface area contributed by atoms with Crippen molar-refractivity contribution in [2.75, 3.05) is 6.61 Å². The summed E-state index contributed by atoms with van der Waals surface area (Å²) in [6.07, 6.45) is 4.73. The number of nitrogens with two attached hydrogens (primary N) is 1. The van der Waals surface area contributed by atoms with Crippen LogP contribution in [0.5, 0.6) is 5.75 Å². The Hall–Kier alpha value is -1.59. The average Bonchev–Trinajstić information content (AvgIpc) is 3.08. The van der Waals surface area contributed by atoms with Crippen LogP contribution in [-0.2, 0) is 12.0 Å². The second-order valence-electron chi connectivity index (χ2n) is 6.30. The van der Waals surface area contributed by atoms with Gasteiger partial charge in [0.05, 0.1) is 18.6 Å². The normalized spacial score (nSPS) is 16.1. The zero-order valence-corrected chi connectivity index (χ0v) is 14.5. The molecular weight excluding hydrogens is 314 g/mol. The van der Waals surface area contributed by atoms with Gasteiger partial charge in [0.15, 0.2) is 5.82 Å². The maximum absolute atomic E-state index is 6.33. The second-order valence-corrected chi connectivity index (χ2v) is 6.30. The molecule has 1 aromatic carbocycles. The zero-order valence-electron chi connectivity index (χ0n) is 13.7. The molecule has 3 rings (SSSR count). The molecule has 1 aliphatic carbocycles. The van der Waals surface area contributed by atoms with E-state index < -0.39 is 5.54 Å². The van der Waals surface area contributed by atoms with E-state index in [9.17, 15) is 0 Å². The molecule has 0 aliphatic heterocycles. The first-order chi connectivity index (χ1) is 10.5. The highest BCUT2D eigenvalue weighted by atomic mass is 35.5. The Balaban J connectivity index is 0.00000192. The molecule has 6 heteroatoms. The van der Waals surface area contributed by atoms with Gasteiger partial charge in [-0.2, -0.15) is 4.98 Å². The molecule has 2 N–H and O–H groups in total. The van der Waals surface area contributed by atoms with Crippen molar-refractivity contribution >= 4 is 12.4 Å². The Morgan fingerprint density at radius 3 is 2.48 bits per heavy atom. The zero-order chi connectivity index (χ0) is 15.6. The van der Waals surface area contributed by atoms with E-state index in [1.807, 2.05) is 12.1 Å². The fourth-order valence-corrected chi connectivity index (χ4v) is 3.06. The Kier molecular flexibility index (Phi) is 5.65. The molecule has 2 aromatic rings. The minimum atomic E-state index is -0.393. The van der Waals surface area contributed by atoms with Crippen LogP contribution in [0.25, 0.3) is 0 Å². The number of nitrogens with zero attached hydrogens (tertiary/aromatic N) is 2. The summed E-state index contributed by atoms with van der Waals surface area (Å²) in [5, 5.41) is 4.06. The largest absolute Gasteiger partial charge is 0.493 e. The molecule has 0 atom stereocenters. The molecule has 0 radical (unpaired) electrons. The highest BCUT2D eigenvalue weighted by molar-refractivity contribution is 5.85. The Labute approximate surface area is 143 Å². The monoisotopic (exact) mass is 337 g/mol. The Bertz CT molecular complexity index is 631. The number of ether oxygens (including phenoxy) is 1. The van der Waals surface area contributed by atoms with Gasteiger partial charge in [-0.15, -0.1) is 12.4 Å². The van der Waals surface area contributed by atoms with Crippen LogP contribution in [0.2, 0.25) is 0 Å². The van der Waals surface area contributed by atoms with E-state index in [4.69, 9.17) is 15.0 Å². The van der Waals surface area contributed by atoms with Crippen molar-refractivity contribution in [2.45, 2.75) is 51.5 Å². The molecule has 1 aromatic heterocycles. The molecule has 5 nitrogen and oxygen atoms in total. The minimum Gasteiger partial charge on any atom is -0.493 e. The maximum Gasteiger partial charge on any atom is 0.230 e. The molecule has 0 amide bonds. The molecule has 0 spiro atoms. The molecule has 0 saturated heterocycles. The summed E-state index contributed by atoms with van der Waals surface area (Å²) in [6.45, 7) is 4.64. The quantitative estimate of drug-likeness (QED) is 0.904. The average molecular weight is 338 g/mol. The third kappa shape index (κ3) is 4.24. The molecule has 1 aliphatic rings. The number of hydrogen-bond donors (Lipinski definition) is 1. The standard InChI is InChI=1S/C17H23N3O2.ClH/c1-12-9-13(2)11-14(10-12)21-8-5-15-19-16(20-22-15)17(18)6-3-4-7-17;/h9-11H,3-8,18H2,1-2H3;1H. The fourth-order valence-electron chi connectivity index (χ4n) is 3.06. The summed E-state index contributed by atoms with van der Waals surface area (Å²) < 4.78 is 11.1. The Morgan fingerprint density at radius 1 is 1.17 bits per heavy atom. The smallest absolute Gasteiger partial charge is 0.230 e. The van der Waals surface area contributed by atoms with Crippen molar-refractivity contribution in [1.29, 1.82) is 0 Å². The van der Waals surface area contributed by atoms with Crippen LogP contribution in [0, 0.1) is 13.8 Å². The van der Waals surface area contributed by atoms with Gasteiger partial charge >= 0.3 is 0 Å². The topological polar surface area (TPSA) is 74.2 Å². The molecule has 1 heterocycles. The molecule has 0 bridgehead atoms. The van der Waals surface area contributed by atoms with Crippen LogP contribution in [0.3, 0.4) is 0 Å². The van der Waals surface area contributed by atoms with Gasteiger partial charge in [-0.3, -0.25) is 0 Å². The minimum absolute atomic E-state index is 0. The third-order valence-corrected chi connectivity index (χ3v) is 4.19. The summed E-state index contributed by atoms with van der Waals surface area (Å²) in [7, 11) is 0. The Morgan fingerprint density at radius 2 is 1.83 bits per heavy atom. The van der Waals surface area contributed by atoms with Crippen LogP contribution in [0.1, 0.15) is 48.5 Å². The van der Waals surface area contributed by atoms with Gasteiger partial charge in [-0.1, -0.05) is 24.1 Å². The van der Waals surface area contributed by atoms with Crippen LogP contribution < -0.4 is 10.5 Å². The van der Waals surface area contributed by atoms with Crippen molar-refractivity contribution < 1.29 is 9.26 Å². The molecular formula is C17H24ClN3O2. The summed E-state index contributed by atoms with van der Waals surface area (Å²) in [5.41, 5.74) is 8.33. The van der Waals surface area contributed by atoms with E-state index in [0.717, 1.165) is 31.4 Å². The van der Waals surface area contributed by atoms with Gasteiger partial charge < -0.3 is 15.0 Å². The number of aromatic nitrogens is 2. The van der Waals surface area contributed by atoms with E-state index in [2.05, 4.69) is 30.1 Å². The fraction of sp³-hybridized carbons (Fsp3) is 0.529. The van der Waals surface area contributed by atoms with Gasteiger partial charge in [0.2, 0.25) is 5.89 Å². The van der Waals surface area contributed by atoms with E-state index >= 15 is 0 Å². The lowest BCUT2D eigenvalue weighted by Crippen LogP contribution is -2.34. The highest BCUT2D eigenvalue weighted by Gasteiger charge is 2.35. The lowest BCUT2D eigenvalue weighted by molar-refractivity contribution is 0.289. The van der Waals surface area contributed by atoms with E-state index in [1.54, 1.807) is 0 Å². The number of aryl methyl sites for hydroxylation is 2. The van der Waals surface area contributed by atoms with Crippen molar-refractivity contribution in [3.63, 3.8) is 0 Å². The van der Waals surface area contributed by atoms with Crippen molar-refractivity contribution in [1.82, 2.24) is 10.1 Å². The molecule has 1 fully saturated rings. The SMILES string of the molecule is Cc1cc(C)cc(OCCc2nc(C3(N)CCCC3)no2)c1.Cl. The van der Waals surface area contributed by atoms with Gasteiger partial charge in [-0.05, 0) is 49.9 Å². The van der Waals surface area contributed by atoms with Crippen LogP contribution in [0.15, 0.2) is 22.7 Å². The predicted octanol–water partition coefficient (Wildman–Crippen LogP) is 3.46. The molecule has 1 saturated carbocycles. The van der Waals surface area contributed by atoms with E-state index in [1.165, 1.54) is 11.1 Å². The van der Waals surface area contributed by atoms with Crippen LogP contribution in [-0.4, -0.2) is 16.7 Å². The van der Waals surface area contributed by atoms with Gasteiger partial charge in [0.25, 0.3) is 0 Å². The van der Waals surface area contributed by atoms with Gasteiger partial charge in [0.1, 0.15) is 5.75 Å². The first-order valence-electron chi connectivity index (χ1n) is 7.88. The molecule has 0 unspecified atom stereocenters. The van der Waals surface area contributed by atoms with Gasteiger partial charge in [-0.25, -0.2) is 0 Å². The first-order valence-corrected chi connectivity index (χ1v) is 7.88. The van der Waals surface area contributed by atoms with Crippen molar-refractivity contribution in [3.8, 4) is 5.75 Å². The van der Waals surface area contributed by atoms with E-state index in [-0.39, 0.29) is 12.4 Å². The molecule has 23 heavy (non-hydrogen) atoms. The lowest BCUT2D eigenvalue weighted by Gasteiger charge is -2.17. The summed E-state index contributed by atoms with van der Waals surface area (Å²) in [4.78, 5) is 4.45. The summed E-state index contributed by atoms with van der Waals surface area (Å²) >= 11 is 0. The number of halogens is 1. The predicted molar refractivity (Wildman–Crippen MR) is 91.0 cm³/mol. The number of hydrogen-bond acceptors (Lipinski definition) is 5. The third-order valence-electron chi connectivity index (χ3n) is 4.19. The molecule has 126 valence electrons. The van der Waals surface area contributed by atoms with Crippen molar-refractivity contribution in [2.24, 2.45) is 5.73 Å². The van der Waals surface area contributed by atoms with Crippen LogP contribution >= 0.6 is 12.4 Å². The maximum atomic E-state index is 6.33. The highest BCUT2D eigenvalue weighted by Crippen LogP contribution is 2.34. The second kappa shape index (κ2) is 7.32. The lowest BCUT2D eigenvalue weighted by atomic mass is 9.99.